The van der Waals surface area contributed by atoms with Gasteiger partial charge < -0.3 is 15.7 Å². The van der Waals surface area contributed by atoms with Crippen molar-refractivity contribution >= 4 is 5.84 Å². The maximum absolute atomic E-state index is 8.85. The minimum atomic E-state index is 0.130. The Balaban J connectivity index is 2.17. The van der Waals surface area contributed by atoms with Crippen molar-refractivity contribution in [3.63, 3.8) is 0 Å². The van der Waals surface area contributed by atoms with Crippen molar-refractivity contribution in [2.75, 3.05) is 20.2 Å². The lowest BCUT2D eigenvalue weighted by Gasteiger charge is -2.37. The second-order valence-electron chi connectivity index (χ2n) is 5.22. The van der Waals surface area contributed by atoms with E-state index >= 15 is 0 Å². The molecule has 1 saturated heterocycles. The monoisotopic (exact) mass is 277 g/mol. The first-order valence-corrected chi connectivity index (χ1v) is 7.02. The van der Waals surface area contributed by atoms with Crippen LogP contribution < -0.4 is 5.73 Å². The fourth-order valence-electron chi connectivity index (χ4n) is 2.81. The molecular weight excluding hydrogens is 254 g/mol. The number of rotatable bonds is 5. The van der Waals surface area contributed by atoms with E-state index < -0.39 is 0 Å². The van der Waals surface area contributed by atoms with Crippen molar-refractivity contribution in [3.05, 3.63) is 35.9 Å². The summed E-state index contributed by atoms with van der Waals surface area (Å²) in [6.07, 6.45) is 3.00. The molecule has 0 radical (unpaired) electrons. The standard InChI is InChI=1S/C15H23N3O2/c1-20-13-8-5-9-18(11-13)14(10-15(16)17-19)12-6-3-2-4-7-12/h2-4,6-7,13-14,19H,5,8-11H2,1H3,(H2,16,17). The van der Waals surface area contributed by atoms with E-state index in [0.717, 1.165) is 25.9 Å². The average molecular weight is 277 g/mol. The number of nitrogens with two attached hydrogens (primary N) is 1. The predicted octanol–water partition coefficient (Wildman–Crippen LogP) is 1.97. The molecular formula is C15H23N3O2. The van der Waals surface area contributed by atoms with Crippen molar-refractivity contribution in [2.24, 2.45) is 10.9 Å². The topological polar surface area (TPSA) is 71.1 Å². The van der Waals surface area contributed by atoms with E-state index in [0.29, 0.717) is 6.42 Å². The molecule has 3 N–H and O–H groups in total. The van der Waals surface area contributed by atoms with Crippen molar-refractivity contribution in [3.8, 4) is 0 Å². The Bertz CT molecular complexity index is 436. The molecule has 0 saturated carbocycles. The summed E-state index contributed by atoms with van der Waals surface area (Å²) in [5, 5.41) is 12.0. The van der Waals surface area contributed by atoms with Gasteiger partial charge in [-0.15, -0.1) is 0 Å². The van der Waals surface area contributed by atoms with E-state index in [9.17, 15) is 0 Å². The van der Waals surface area contributed by atoms with Gasteiger partial charge in [-0.2, -0.15) is 0 Å². The van der Waals surface area contributed by atoms with Crippen LogP contribution in [0.5, 0.6) is 0 Å². The van der Waals surface area contributed by atoms with Crippen molar-refractivity contribution in [1.29, 1.82) is 0 Å². The van der Waals surface area contributed by atoms with Gasteiger partial charge in [-0.3, -0.25) is 4.90 Å². The lowest BCUT2D eigenvalue weighted by atomic mass is 9.97. The van der Waals surface area contributed by atoms with E-state index in [4.69, 9.17) is 15.7 Å². The highest BCUT2D eigenvalue weighted by molar-refractivity contribution is 5.80. The molecule has 5 nitrogen and oxygen atoms in total. The Morgan fingerprint density at radius 3 is 2.90 bits per heavy atom. The summed E-state index contributed by atoms with van der Waals surface area (Å²) in [5.74, 6) is 0.262. The van der Waals surface area contributed by atoms with Crippen LogP contribution in [0.3, 0.4) is 0 Å². The van der Waals surface area contributed by atoms with E-state index in [2.05, 4.69) is 22.2 Å². The minimum Gasteiger partial charge on any atom is -0.409 e. The van der Waals surface area contributed by atoms with Crippen LogP contribution in [0.4, 0.5) is 0 Å². The fourth-order valence-corrected chi connectivity index (χ4v) is 2.81. The first kappa shape index (κ1) is 14.8. The van der Waals surface area contributed by atoms with Gasteiger partial charge in [0.25, 0.3) is 0 Å². The molecule has 2 atom stereocenters. The van der Waals surface area contributed by atoms with Crippen LogP contribution in [0.2, 0.25) is 0 Å². The zero-order chi connectivity index (χ0) is 14.4. The summed E-state index contributed by atoms with van der Waals surface area (Å²) in [6.45, 7) is 1.90. The summed E-state index contributed by atoms with van der Waals surface area (Å²) >= 11 is 0. The maximum atomic E-state index is 8.85. The lowest BCUT2D eigenvalue weighted by molar-refractivity contribution is 0.0150. The number of hydrogen-bond donors (Lipinski definition) is 2. The average Bonchev–Trinajstić information content (AvgIpc) is 2.53. The quantitative estimate of drug-likeness (QED) is 0.373. The third-order valence-corrected chi connectivity index (χ3v) is 3.90. The highest BCUT2D eigenvalue weighted by atomic mass is 16.5. The van der Waals surface area contributed by atoms with Gasteiger partial charge in [-0.05, 0) is 24.9 Å². The Kier molecular flexibility index (Phi) is 5.38. The number of nitrogens with zero attached hydrogens (tertiary/aromatic N) is 2. The van der Waals surface area contributed by atoms with Crippen LogP contribution in [0.1, 0.15) is 30.9 Å². The fraction of sp³-hybridized carbons (Fsp3) is 0.533. The summed E-state index contributed by atoms with van der Waals surface area (Å²) in [7, 11) is 1.76. The molecule has 1 aliphatic rings. The number of amidine groups is 1. The Morgan fingerprint density at radius 1 is 1.50 bits per heavy atom. The zero-order valence-corrected chi connectivity index (χ0v) is 11.9. The number of oxime groups is 1. The lowest BCUT2D eigenvalue weighted by Crippen LogP contribution is -2.42. The largest absolute Gasteiger partial charge is 0.409 e. The van der Waals surface area contributed by atoms with Gasteiger partial charge in [-0.25, -0.2) is 0 Å². The molecule has 2 rings (SSSR count). The molecule has 1 aliphatic heterocycles. The van der Waals surface area contributed by atoms with Crippen molar-refractivity contribution in [2.45, 2.75) is 31.4 Å². The number of ether oxygens (including phenoxy) is 1. The van der Waals surface area contributed by atoms with Crippen molar-refractivity contribution in [1.82, 2.24) is 4.90 Å². The molecule has 1 aromatic rings. The summed E-state index contributed by atoms with van der Waals surface area (Å²) in [5.41, 5.74) is 6.92. The molecule has 0 bridgehead atoms. The van der Waals surface area contributed by atoms with Gasteiger partial charge in [0.2, 0.25) is 0 Å². The normalized spacial score (nSPS) is 22.6. The van der Waals surface area contributed by atoms with E-state index in [1.54, 1.807) is 7.11 Å². The van der Waals surface area contributed by atoms with Gasteiger partial charge in [-0.1, -0.05) is 35.5 Å². The first-order chi connectivity index (χ1) is 9.74. The van der Waals surface area contributed by atoms with Crippen molar-refractivity contribution < 1.29 is 9.94 Å². The molecule has 2 unspecified atom stereocenters. The Labute approximate surface area is 120 Å². The molecule has 110 valence electrons. The second-order valence-corrected chi connectivity index (χ2v) is 5.22. The van der Waals surface area contributed by atoms with E-state index in [1.807, 2.05) is 18.2 Å². The maximum Gasteiger partial charge on any atom is 0.141 e. The molecule has 0 spiro atoms. The minimum absolute atomic E-state index is 0.130. The molecule has 1 heterocycles. The Hall–Kier alpha value is -1.59. The summed E-state index contributed by atoms with van der Waals surface area (Å²) in [4.78, 5) is 2.37. The van der Waals surface area contributed by atoms with Crippen LogP contribution >= 0.6 is 0 Å². The molecule has 1 aromatic carbocycles. The van der Waals surface area contributed by atoms with Crippen LogP contribution in [0.25, 0.3) is 0 Å². The number of benzene rings is 1. The third-order valence-electron chi connectivity index (χ3n) is 3.90. The highest BCUT2D eigenvalue weighted by Gasteiger charge is 2.27. The molecule has 0 aliphatic carbocycles. The summed E-state index contributed by atoms with van der Waals surface area (Å²) < 4.78 is 5.49. The number of hydrogen-bond acceptors (Lipinski definition) is 4. The van der Waals surface area contributed by atoms with Gasteiger partial charge in [0.15, 0.2) is 0 Å². The first-order valence-electron chi connectivity index (χ1n) is 7.02. The SMILES string of the molecule is COC1CCCN(C(C/C(N)=N/O)c2ccccc2)C1. The number of methoxy groups -OCH3 is 1. The number of likely N-dealkylation sites (tertiary alicyclic amines) is 1. The summed E-state index contributed by atoms with van der Waals surface area (Å²) in [6, 6.07) is 10.3. The van der Waals surface area contributed by atoms with Crippen LogP contribution in [-0.4, -0.2) is 42.2 Å². The molecule has 0 amide bonds. The molecule has 20 heavy (non-hydrogen) atoms. The van der Waals surface area contributed by atoms with Gasteiger partial charge in [0.1, 0.15) is 5.84 Å². The van der Waals surface area contributed by atoms with E-state index in [-0.39, 0.29) is 18.0 Å². The van der Waals surface area contributed by atoms with Crippen LogP contribution in [0.15, 0.2) is 35.5 Å². The van der Waals surface area contributed by atoms with Gasteiger partial charge in [0, 0.05) is 26.1 Å². The molecule has 5 heteroatoms. The number of piperidine rings is 1. The predicted molar refractivity (Wildman–Crippen MR) is 78.8 cm³/mol. The zero-order valence-electron chi connectivity index (χ0n) is 11.9. The third kappa shape index (κ3) is 3.71. The van der Waals surface area contributed by atoms with Gasteiger partial charge in [0.05, 0.1) is 6.10 Å². The Morgan fingerprint density at radius 2 is 2.25 bits per heavy atom. The van der Waals surface area contributed by atoms with Gasteiger partial charge >= 0.3 is 0 Å². The van der Waals surface area contributed by atoms with E-state index in [1.165, 1.54) is 5.56 Å². The second kappa shape index (κ2) is 7.26. The molecule has 0 aromatic heterocycles. The molecule has 1 fully saturated rings. The highest BCUT2D eigenvalue weighted by Crippen LogP contribution is 2.28. The smallest absolute Gasteiger partial charge is 0.141 e. The van der Waals surface area contributed by atoms with Crippen LogP contribution in [-0.2, 0) is 4.74 Å². The van der Waals surface area contributed by atoms with Crippen LogP contribution in [0, 0.1) is 0 Å².